The minimum atomic E-state index is -4.60. The number of allylic oxidation sites excluding steroid dienone is 1. The lowest BCUT2D eigenvalue weighted by molar-refractivity contribution is -0.139. The van der Waals surface area contributed by atoms with Gasteiger partial charge in [0.15, 0.2) is 0 Å². The molecule has 0 aromatic heterocycles. The molecule has 0 saturated heterocycles. The van der Waals surface area contributed by atoms with Crippen molar-refractivity contribution in [3.05, 3.63) is 86.8 Å². The van der Waals surface area contributed by atoms with Gasteiger partial charge in [-0.1, -0.05) is 34.1 Å². The van der Waals surface area contributed by atoms with Crippen LogP contribution in [-0.4, -0.2) is 25.7 Å². The van der Waals surface area contributed by atoms with E-state index in [0.717, 1.165) is 23.7 Å². The zero-order chi connectivity index (χ0) is 25.2. The van der Waals surface area contributed by atoms with Crippen LogP contribution in [0.2, 0.25) is 0 Å². The van der Waals surface area contributed by atoms with Gasteiger partial charge in [0.05, 0.1) is 36.3 Å². The van der Waals surface area contributed by atoms with Crippen molar-refractivity contribution in [2.24, 2.45) is 5.73 Å². The van der Waals surface area contributed by atoms with Crippen molar-refractivity contribution in [3.63, 3.8) is 0 Å². The number of ether oxygens (including phenoxy) is 2. The zero-order valence-electron chi connectivity index (χ0n) is 18.6. The highest BCUT2D eigenvalue weighted by Gasteiger charge is 2.42. The molecule has 180 valence electrons. The molecule has 0 fully saturated rings. The molecule has 0 spiro atoms. The summed E-state index contributed by atoms with van der Waals surface area (Å²) < 4.78 is 51.1. The van der Waals surface area contributed by atoms with Crippen LogP contribution in [0.5, 0.6) is 0 Å². The van der Waals surface area contributed by atoms with Crippen LogP contribution in [0.1, 0.15) is 30.9 Å². The number of nitrogens with two attached hydrogens (primary N) is 1. The monoisotopic (exact) mass is 538 g/mol. The number of anilines is 1. The molecular weight excluding hydrogens is 517 g/mol. The lowest BCUT2D eigenvalue weighted by Gasteiger charge is -2.37. The van der Waals surface area contributed by atoms with Gasteiger partial charge in [-0.2, -0.15) is 13.2 Å². The number of hydrogen-bond acceptors (Lipinski definition) is 6. The highest BCUT2D eigenvalue weighted by molar-refractivity contribution is 9.10. The fraction of sp³-hybridized carbons (Fsp3) is 0.250. The number of carbonyl (C=O) groups is 2. The topological polar surface area (TPSA) is 81.9 Å². The van der Waals surface area contributed by atoms with E-state index in [9.17, 15) is 22.8 Å². The first-order valence-corrected chi connectivity index (χ1v) is 11.0. The number of hydrogen-bond donors (Lipinski definition) is 1. The zero-order valence-corrected chi connectivity index (χ0v) is 20.2. The first kappa shape index (κ1) is 25.4. The number of methoxy groups -OCH3 is 1. The summed E-state index contributed by atoms with van der Waals surface area (Å²) in [5, 5.41) is 0. The molecular formula is C24H22BrF3N2O4. The van der Waals surface area contributed by atoms with Crippen LogP contribution in [0.4, 0.5) is 18.9 Å². The SMILES string of the molecule is CCOC(=O)C1=C(C)N(c2cccc(C(F)(F)F)c2)C(N)=C(C(=O)OC)C1c1ccc(Br)cc1. The predicted molar refractivity (Wildman–Crippen MR) is 123 cm³/mol. The van der Waals surface area contributed by atoms with E-state index in [4.69, 9.17) is 15.2 Å². The molecule has 2 N–H and O–H groups in total. The third-order valence-electron chi connectivity index (χ3n) is 5.36. The molecule has 2 aromatic carbocycles. The average molecular weight is 539 g/mol. The van der Waals surface area contributed by atoms with Crippen LogP contribution in [0.15, 0.2) is 75.7 Å². The predicted octanol–water partition coefficient (Wildman–Crippen LogP) is 5.25. The summed E-state index contributed by atoms with van der Waals surface area (Å²) in [6.45, 7) is 3.22. The molecule has 1 aliphatic rings. The quantitative estimate of drug-likeness (QED) is 0.523. The van der Waals surface area contributed by atoms with E-state index in [1.165, 1.54) is 17.0 Å². The molecule has 0 radical (unpaired) electrons. The standard InChI is InChI=1S/C24H22BrF3N2O4/c1-4-34-23(32)18-13(2)30(17-7-5-6-15(12-17)24(26,27)28)21(29)20(22(31)33-3)19(18)14-8-10-16(25)11-9-14/h5-12,19H,4,29H2,1-3H3. The van der Waals surface area contributed by atoms with Crippen molar-refractivity contribution in [1.29, 1.82) is 0 Å². The first-order valence-electron chi connectivity index (χ1n) is 10.2. The van der Waals surface area contributed by atoms with E-state index in [1.807, 2.05) is 0 Å². The van der Waals surface area contributed by atoms with Crippen LogP contribution < -0.4 is 10.6 Å². The van der Waals surface area contributed by atoms with Gasteiger partial charge in [-0.3, -0.25) is 0 Å². The van der Waals surface area contributed by atoms with E-state index in [2.05, 4.69) is 15.9 Å². The van der Waals surface area contributed by atoms with Crippen LogP contribution in [0, 0.1) is 0 Å². The Labute approximate surface area is 202 Å². The van der Waals surface area contributed by atoms with Gasteiger partial charge in [-0.05, 0) is 49.7 Å². The molecule has 0 saturated carbocycles. The van der Waals surface area contributed by atoms with Gasteiger partial charge >= 0.3 is 18.1 Å². The van der Waals surface area contributed by atoms with Crippen molar-refractivity contribution >= 4 is 33.6 Å². The molecule has 3 rings (SSSR count). The molecule has 1 atom stereocenters. The highest BCUT2D eigenvalue weighted by Crippen LogP contribution is 2.44. The number of halogens is 4. The summed E-state index contributed by atoms with van der Waals surface area (Å²) in [7, 11) is 1.16. The third-order valence-corrected chi connectivity index (χ3v) is 5.88. The fourth-order valence-electron chi connectivity index (χ4n) is 3.87. The lowest BCUT2D eigenvalue weighted by atomic mass is 9.80. The van der Waals surface area contributed by atoms with Gasteiger partial charge in [0.25, 0.3) is 0 Å². The Morgan fingerprint density at radius 1 is 1.09 bits per heavy atom. The van der Waals surface area contributed by atoms with E-state index >= 15 is 0 Å². The third kappa shape index (κ3) is 4.82. The van der Waals surface area contributed by atoms with Crippen molar-refractivity contribution in [2.75, 3.05) is 18.6 Å². The van der Waals surface area contributed by atoms with E-state index in [0.29, 0.717) is 5.56 Å². The van der Waals surface area contributed by atoms with Crippen molar-refractivity contribution < 1.29 is 32.2 Å². The summed E-state index contributed by atoms with van der Waals surface area (Å²) in [5.41, 5.74) is 6.29. The van der Waals surface area contributed by atoms with E-state index in [-0.39, 0.29) is 35.0 Å². The minimum absolute atomic E-state index is 0.0299. The van der Waals surface area contributed by atoms with Crippen LogP contribution in [0.25, 0.3) is 0 Å². The Hall–Kier alpha value is -3.27. The molecule has 2 aromatic rings. The maximum atomic E-state index is 13.4. The number of nitrogens with zero attached hydrogens (tertiary/aromatic N) is 1. The highest BCUT2D eigenvalue weighted by atomic mass is 79.9. The van der Waals surface area contributed by atoms with Gasteiger partial charge in [0.2, 0.25) is 0 Å². The molecule has 10 heteroatoms. The smallest absolute Gasteiger partial charge is 0.416 e. The van der Waals surface area contributed by atoms with Gasteiger partial charge in [-0.15, -0.1) is 0 Å². The lowest BCUT2D eigenvalue weighted by Crippen LogP contribution is -2.39. The van der Waals surface area contributed by atoms with Crippen molar-refractivity contribution in [2.45, 2.75) is 25.9 Å². The van der Waals surface area contributed by atoms with Crippen molar-refractivity contribution in [3.8, 4) is 0 Å². The maximum absolute atomic E-state index is 13.4. The number of benzene rings is 2. The second-order valence-electron chi connectivity index (χ2n) is 7.38. The van der Waals surface area contributed by atoms with Crippen LogP contribution >= 0.6 is 15.9 Å². The molecule has 1 aliphatic heterocycles. The Kier molecular flexibility index (Phi) is 7.40. The molecule has 0 bridgehead atoms. The number of alkyl halides is 3. The average Bonchev–Trinajstić information content (AvgIpc) is 2.78. The molecule has 0 aliphatic carbocycles. The summed E-state index contributed by atoms with van der Waals surface area (Å²) in [4.78, 5) is 27.3. The van der Waals surface area contributed by atoms with Gasteiger partial charge in [0, 0.05) is 15.9 Å². The van der Waals surface area contributed by atoms with Crippen LogP contribution in [-0.2, 0) is 25.2 Å². The maximum Gasteiger partial charge on any atom is 0.416 e. The number of esters is 2. The second-order valence-corrected chi connectivity index (χ2v) is 8.29. The minimum Gasteiger partial charge on any atom is -0.466 e. The molecule has 34 heavy (non-hydrogen) atoms. The second kappa shape index (κ2) is 9.92. The van der Waals surface area contributed by atoms with Gasteiger partial charge in [0.1, 0.15) is 5.82 Å². The Balaban J connectivity index is 2.33. The first-order chi connectivity index (χ1) is 16.0. The number of rotatable bonds is 5. The number of carbonyl (C=O) groups excluding carboxylic acids is 2. The van der Waals surface area contributed by atoms with E-state index in [1.54, 1.807) is 38.1 Å². The summed E-state index contributed by atoms with van der Waals surface area (Å²) in [5.74, 6) is -2.65. The fourth-order valence-corrected chi connectivity index (χ4v) is 4.14. The largest absolute Gasteiger partial charge is 0.466 e. The molecule has 6 nitrogen and oxygen atoms in total. The van der Waals surface area contributed by atoms with Crippen LogP contribution in [0.3, 0.4) is 0 Å². The summed E-state index contributed by atoms with van der Waals surface area (Å²) in [6, 6.07) is 11.3. The molecule has 0 amide bonds. The normalized spacial score (nSPS) is 16.6. The van der Waals surface area contributed by atoms with Gasteiger partial charge < -0.3 is 20.1 Å². The summed E-state index contributed by atoms with van der Waals surface area (Å²) >= 11 is 3.35. The van der Waals surface area contributed by atoms with Crippen molar-refractivity contribution in [1.82, 2.24) is 0 Å². The van der Waals surface area contributed by atoms with Gasteiger partial charge in [-0.25, -0.2) is 9.59 Å². The Bertz CT molecular complexity index is 1170. The Morgan fingerprint density at radius 3 is 2.29 bits per heavy atom. The molecule has 1 unspecified atom stereocenters. The Morgan fingerprint density at radius 2 is 1.74 bits per heavy atom. The summed E-state index contributed by atoms with van der Waals surface area (Å²) in [6.07, 6.45) is -4.60. The molecule has 1 heterocycles. The van der Waals surface area contributed by atoms with E-state index < -0.39 is 29.6 Å².